The molecule has 1 amide bonds. The predicted molar refractivity (Wildman–Crippen MR) is 71.0 cm³/mol. The van der Waals surface area contributed by atoms with E-state index in [9.17, 15) is 4.79 Å². The molecule has 0 bridgehead atoms. The van der Waals surface area contributed by atoms with Crippen molar-refractivity contribution in [2.45, 2.75) is 50.5 Å². The number of nitrogen functional groups attached to an aromatic ring is 1. The number of piperidine rings is 1. The standard InChI is InChI=1S/C13H20N4O3/c14-12-16-15-11(20-12)9-5-7-17(8-6-9)13(18)19-10-3-1-2-4-10/h9-10H,1-8H2,(H2,14,16). The summed E-state index contributed by atoms with van der Waals surface area (Å²) >= 11 is 0. The zero-order chi connectivity index (χ0) is 13.9. The lowest BCUT2D eigenvalue weighted by Crippen LogP contribution is -2.39. The van der Waals surface area contributed by atoms with Crippen molar-refractivity contribution in [3.63, 3.8) is 0 Å². The molecule has 0 radical (unpaired) electrons. The Hall–Kier alpha value is -1.79. The molecule has 3 rings (SSSR count). The second-order valence-electron chi connectivity index (χ2n) is 5.53. The summed E-state index contributed by atoms with van der Waals surface area (Å²) in [5.41, 5.74) is 5.43. The SMILES string of the molecule is Nc1nnc(C2CCN(C(=O)OC3CCCC3)CC2)o1. The normalized spacial score (nSPS) is 21.3. The van der Waals surface area contributed by atoms with Crippen LogP contribution in [0.15, 0.2) is 4.42 Å². The van der Waals surface area contributed by atoms with Crippen molar-refractivity contribution in [1.29, 1.82) is 0 Å². The molecule has 7 nitrogen and oxygen atoms in total. The first-order valence-corrected chi connectivity index (χ1v) is 7.27. The van der Waals surface area contributed by atoms with Crippen LogP contribution in [0.25, 0.3) is 0 Å². The molecule has 1 aromatic rings. The van der Waals surface area contributed by atoms with Crippen molar-refractivity contribution in [1.82, 2.24) is 15.1 Å². The van der Waals surface area contributed by atoms with Gasteiger partial charge in [0.2, 0.25) is 5.89 Å². The molecule has 1 aromatic heterocycles. The molecule has 0 spiro atoms. The van der Waals surface area contributed by atoms with Crippen molar-refractivity contribution in [3.8, 4) is 0 Å². The molecule has 1 aliphatic heterocycles. The lowest BCUT2D eigenvalue weighted by molar-refractivity contribution is 0.0576. The number of anilines is 1. The molecule has 1 aliphatic carbocycles. The van der Waals surface area contributed by atoms with Crippen LogP contribution >= 0.6 is 0 Å². The third-order valence-corrected chi connectivity index (χ3v) is 4.13. The van der Waals surface area contributed by atoms with Crippen LogP contribution in [0.3, 0.4) is 0 Å². The topological polar surface area (TPSA) is 94.5 Å². The first-order chi connectivity index (χ1) is 9.72. The summed E-state index contributed by atoms with van der Waals surface area (Å²) in [5, 5.41) is 7.59. The summed E-state index contributed by atoms with van der Waals surface area (Å²) in [6.07, 6.45) is 5.89. The van der Waals surface area contributed by atoms with Crippen molar-refractivity contribution in [2.75, 3.05) is 18.8 Å². The van der Waals surface area contributed by atoms with Gasteiger partial charge < -0.3 is 19.8 Å². The summed E-state index contributed by atoms with van der Waals surface area (Å²) in [7, 11) is 0. The molecular formula is C13H20N4O3. The van der Waals surface area contributed by atoms with Crippen LogP contribution in [0.5, 0.6) is 0 Å². The quantitative estimate of drug-likeness (QED) is 0.889. The lowest BCUT2D eigenvalue weighted by Gasteiger charge is -2.30. The minimum Gasteiger partial charge on any atom is -0.446 e. The van der Waals surface area contributed by atoms with Gasteiger partial charge in [-0.25, -0.2) is 4.79 Å². The highest BCUT2D eigenvalue weighted by Gasteiger charge is 2.29. The Balaban J connectivity index is 1.49. The van der Waals surface area contributed by atoms with E-state index in [1.165, 1.54) is 12.8 Å². The van der Waals surface area contributed by atoms with Crippen LogP contribution in [-0.4, -0.2) is 40.4 Å². The number of carbonyl (C=O) groups excluding carboxylic acids is 1. The summed E-state index contributed by atoms with van der Waals surface area (Å²) in [6, 6.07) is 0.100. The van der Waals surface area contributed by atoms with E-state index in [4.69, 9.17) is 14.9 Å². The molecule has 2 heterocycles. The van der Waals surface area contributed by atoms with E-state index in [0.717, 1.165) is 25.7 Å². The summed E-state index contributed by atoms with van der Waals surface area (Å²) < 4.78 is 10.8. The molecule has 0 unspecified atom stereocenters. The van der Waals surface area contributed by atoms with Gasteiger partial charge in [-0.15, -0.1) is 5.10 Å². The van der Waals surface area contributed by atoms with E-state index in [2.05, 4.69) is 10.2 Å². The first-order valence-electron chi connectivity index (χ1n) is 7.27. The van der Waals surface area contributed by atoms with Gasteiger partial charge >= 0.3 is 12.1 Å². The second-order valence-corrected chi connectivity index (χ2v) is 5.53. The van der Waals surface area contributed by atoms with Crippen LogP contribution in [0.4, 0.5) is 10.8 Å². The van der Waals surface area contributed by atoms with E-state index >= 15 is 0 Å². The maximum atomic E-state index is 12.0. The number of carbonyl (C=O) groups is 1. The number of hydrogen-bond donors (Lipinski definition) is 1. The molecule has 110 valence electrons. The van der Waals surface area contributed by atoms with Crippen molar-refractivity contribution < 1.29 is 13.9 Å². The Bertz CT molecular complexity index is 462. The zero-order valence-electron chi connectivity index (χ0n) is 11.5. The van der Waals surface area contributed by atoms with Crippen molar-refractivity contribution in [3.05, 3.63) is 5.89 Å². The molecular weight excluding hydrogens is 260 g/mol. The average molecular weight is 280 g/mol. The average Bonchev–Trinajstić information content (AvgIpc) is 3.10. The van der Waals surface area contributed by atoms with E-state index < -0.39 is 0 Å². The highest BCUT2D eigenvalue weighted by atomic mass is 16.6. The molecule has 2 fully saturated rings. The summed E-state index contributed by atoms with van der Waals surface area (Å²) in [5.74, 6) is 0.765. The molecule has 0 aromatic carbocycles. The number of nitrogens with zero attached hydrogens (tertiary/aromatic N) is 3. The Morgan fingerprint density at radius 3 is 2.50 bits per heavy atom. The summed E-state index contributed by atoms with van der Waals surface area (Å²) in [4.78, 5) is 13.8. The van der Waals surface area contributed by atoms with Crippen LogP contribution in [-0.2, 0) is 4.74 Å². The van der Waals surface area contributed by atoms with E-state index in [0.29, 0.717) is 19.0 Å². The second kappa shape index (κ2) is 5.68. The zero-order valence-corrected chi connectivity index (χ0v) is 11.5. The number of rotatable bonds is 2. The Morgan fingerprint density at radius 2 is 1.90 bits per heavy atom. The Labute approximate surface area is 117 Å². The molecule has 0 atom stereocenters. The number of aromatic nitrogens is 2. The van der Waals surface area contributed by atoms with Gasteiger partial charge in [0.15, 0.2) is 0 Å². The Kier molecular flexibility index (Phi) is 3.75. The number of amides is 1. The number of ether oxygens (including phenoxy) is 1. The highest BCUT2D eigenvalue weighted by Crippen LogP contribution is 2.28. The lowest BCUT2D eigenvalue weighted by atomic mass is 9.97. The van der Waals surface area contributed by atoms with Gasteiger partial charge in [-0.3, -0.25) is 0 Å². The number of nitrogens with two attached hydrogens (primary N) is 1. The molecule has 7 heteroatoms. The van der Waals surface area contributed by atoms with Gasteiger partial charge in [0.1, 0.15) is 6.10 Å². The molecule has 2 aliphatic rings. The molecule has 20 heavy (non-hydrogen) atoms. The molecule has 1 saturated heterocycles. The fourth-order valence-corrected chi connectivity index (χ4v) is 2.94. The fraction of sp³-hybridized carbons (Fsp3) is 0.769. The van der Waals surface area contributed by atoms with Crippen LogP contribution in [0.2, 0.25) is 0 Å². The fourth-order valence-electron chi connectivity index (χ4n) is 2.94. The predicted octanol–water partition coefficient (Wildman–Crippen LogP) is 1.91. The van der Waals surface area contributed by atoms with Gasteiger partial charge in [-0.05, 0) is 38.5 Å². The van der Waals surface area contributed by atoms with Crippen LogP contribution in [0.1, 0.15) is 50.3 Å². The van der Waals surface area contributed by atoms with Gasteiger partial charge in [0.25, 0.3) is 0 Å². The van der Waals surface area contributed by atoms with Crippen molar-refractivity contribution >= 4 is 12.1 Å². The Morgan fingerprint density at radius 1 is 1.20 bits per heavy atom. The van der Waals surface area contributed by atoms with Crippen molar-refractivity contribution in [2.24, 2.45) is 0 Å². The van der Waals surface area contributed by atoms with Crippen LogP contribution < -0.4 is 5.73 Å². The van der Waals surface area contributed by atoms with Crippen LogP contribution in [0, 0.1) is 0 Å². The third-order valence-electron chi connectivity index (χ3n) is 4.13. The maximum absolute atomic E-state index is 12.0. The highest BCUT2D eigenvalue weighted by molar-refractivity contribution is 5.68. The molecule has 2 N–H and O–H groups in total. The maximum Gasteiger partial charge on any atom is 0.410 e. The van der Waals surface area contributed by atoms with E-state index in [1.54, 1.807) is 4.90 Å². The summed E-state index contributed by atoms with van der Waals surface area (Å²) in [6.45, 7) is 1.33. The van der Waals surface area contributed by atoms with Gasteiger partial charge in [0.05, 0.1) is 0 Å². The smallest absolute Gasteiger partial charge is 0.410 e. The first kappa shape index (κ1) is 13.2. The van der Waals surface area contributed by atoms with E-state index in [-0.39, 0.29) is 24.1 Å². The number of hydrogen-bond acceptors (Lipinski definition) is 6. The van der Waals surface area contributed by atoms with Gasteiger partial charge in [0, 0.05) is 19.0 Å². The monoisotopic (exact) mass is 280 g/mol. The number of likely N-dealkylation sites (tertiary alicyclic amines) is 1. The molecule has 1 saturated carbocycles. The van der Waals surface area contributed by atoms with E-state index in [1.807, 2.05) is 0 Å². The van der Waals surface area contributed by atoms with Gasteiger partial charge in [-0.2, -0.15) is 0 Å². The minimum absolute atomic E-state index is 0.100. The minimum atomic E-state index is -0.180. The largest absolute Gasteiger partial charge is 0.446 e. The third kappa shape index (κ3) is 2.86. The van der Waals surface area contributed by atoms with Gasteiger partial charge in [-0.1, -0.05) is 5.10 Å².